The fourth-order valence-electron chi connectivity index (χ4n) is 5.05. The summed E-state index contributed by atoms with van der Waals surface area (Å²) >= 11 is 0. The van der Waals surface area contributed by atoms with E-state index in [1.165, 1.54) is 0 Å². The van der Waals surface area contributed by atoms with E-state index in [2.05, 4.69) is 0 Å². The predicted molar refractivity (Wildman–Crippen MR) is 118 cm³/mol. The smallest absolute Gasteiger partial charge is 0.246 e. The average molecular weight is 417 g/mol. The van der Waals surface area contributed by atoms with Gasteiger partial charge in [-0.25, -0.2) is 0 Å². The standard InChI is InChI=1S/C25H23NO5/c1-26-19-9-7-6-8-16(19)25(24(26)27)17-12-22(30-4)20(28-2)10-14(17)15-11-21(29-3)23(31-5)13-18(15)25/h6-13H,1-5H3. The molecule has 0 radical (unpaired) electrons. The highest BCUT2D eigenvalue weighted by Gasteiger charge is 2.57. The Morgan fingerprint density at radius 1 is 0.677 bits per heavy atom. The Hall–Kier alpha value is -3.67. The first kappa shape index (κ1) is 19.3. The largest absolute Gasteiger partial charge is 0.493 e. The molecule has 5 rings (SSSR count). The van der Waals surface area contributed by atoms with E-state index < -0.39 is 5.41 Å². The van der Waals surface area contributed by atoms with Crippen molar-refractivity contribution in [2.75, 3.05) is 40.4 Å². The predicted octanol–water partition coefficient (Wildman–Crippen LogP) is 4.01. The van der Waals surface area contributed by atoms with E-state index in [1.54, 1.807) is 33.3 Å². The van der Waals surface area contributed by atoms with Gasteiger partial charge in [0.25, 0.3) is 0 Å². The molecule has 1 heterocycles. The molecule has 3 aromatic carbocycles. The Labute approximate surface area is 180 Å². The van der Waals surface area contributed by atoms with Gasteiger partial charge in [0.15, 0.2) is 23.0 Å². The van der Waals surface area contributed by atoms with Crippen LogP contribution in [0.3, 0.4) is 0 Å². The van der Waals surface area contributed by atoms with Crippen LogP contribution in [0.15, 0.2) is 48.5 Å². The Morgan fingerprint density at radius 3 is 1.61 bits per heavy atom. The van der Waals surface area contributed by atoms with E-state index >= 15 is 0 Å². The van der Waals surface area contributed by atoms with Gasteiger partial charge in [0.2, 0.25) is 5.91 Å². The second-order valence-electron chi connectivity index (χ2n) is 7.64. The van der Waals surface area contributed by atoms with Crippen molar-refractivity contribution in [2.24, 2.45) is 0 Å². The molecule has 2 aliphatic rings. The highest BCUT2D eigenvalue weighted by molar-refractivity contribution is 6.16. The molecule has 0 bridgehead atoms. The molecule has 0 saturated heterocycles. The van der Waals surface area contributed by atoms with Crippen molar-refractivity contribution >= 4 is 11.6 Å². The number of carbonyl (C=O) groups is 1. The second kappa shape index (κ2) is 6.67. The van der Waals surface area contributed by atoms with Gasteiger partial charge in [-0.2, -0.15) is 0 Å². The Balaban J connectivity index is 1.96. The van der Waals surface area contributed by atoms with E-state index in [0.717, 1.165) is 33.5 Å². The molecular weight excluding hydrogens is 394 g/mol. The SMILES string of the molecule is COc1cc2c(cc1OC)C1(C(=O)N(C)c3ccccc31)c1cc(OC)c(OC)cc1-2. The minimum Gasteiger partial charge on any atom is -0.493 e. The number of nitrogens with zero attached hydrogens (tertiary/aromatic N) is 1. The van der Waals surface area contributed by atoms with Gasteiger partial charge < -0.3 is 23.8 Å². The minimum absolute atomic E-state index is 0.0202. The number of hydrogen-bond donors (Lipinski definition) is 0. The molecule has 6 nitrogen and oxygen atoms in total. The summed E-state index contributed by atoms with van der Waals surface area (Å²) in [6.07, 6.45) is 0. The normalized spacial score (nSPS) is 14.9. The lowest BCUT2D eigenvalue weighted by molar-refractivity contribution is -0.120. The van der Waals surface area contributed by atoms with Crippen LogP contribution in [0.25, 0.3) is 11.1 Å². The Bertz CT molecular complexity index is 1170. The van der Waals surface area contributed by atoms with Crippen molar-refractivity contribution in [3.05, 3.63) is 65.2 Å². The van der Waals surface area contributed by atoms with Crippen LogP contribution in [-0.2, 0) is 10.2 Å². The number of rotatable bonds is 4. The van der Waals surface area contributed by atoms with Gasteiger partial charge in [0.1, 0.15) is 5.41 Å². The summed E-state index contributed by atoms with van der Waals surface area (Å²) in [5, 5.41) is 0. The van der Waals surface area contributed by atoms with Gasteiger partial charge in [0, 0.05) is 18.3 Å². The molecule has 158 valence electrons. The van der Waals surface area contributed by atoms with Gasteiger partial charge in [-0.3, -0.25) is 4.79 Å². The molecule has 0 atom stereocenters. The van der Waals surface area contributed by atoms with Crippen molar-refractivity contribution in [1.82, 2.24) is 0 Å². The first-order valence-corrected chi connectivity index (χ1v) is 9.93. The first-order valence-electron chi connectivity index (χ1n) is 9.93. The van der Waals surface area contributed by atoms with Gasteiger partial charge in [-0.05, 0) is 52.6 Å². The average Bonchev–Trinajstić information content (AvgIpc) is 3.22. The highest BCUT2D eigenvalue weighted by Crippen LogP contribution is 2.61. The van der Waals surface area contributed by atoms with Crippen LogP contribution < -0.4 is 23.8 Å². The summed E-state index contributed by atoms with van der Waals surface area (Å²) < 4.78 is 22.3. The number of para-hydroxylation sites is 1. The number of ether oxygens (including phenoxy) is 4. The van der Waals surface area contributed by atoms with Crippen LogP contribution in [0.4, 0.5) is 5.69 Å². The van der Waals surface area contributed by atoms with Gasteiger partial charge in [-0.15, -0.1) is 0 Å². The lowest BCUT2D eigenvalue weighted by Crippen LogP contribution is -2.39. The third-order valence-electron chi connectivity index (χ3n) is 6.44. The molecule has 1 amide bonds. The van der Waals surface area contributed by atoms with Crippen LogP contribution in [0.1, 0.15) is 16.7 Å². The molecule has 1 aliphatic heterocycles. The molecule has 0 unspecified atom stereocenters. The molecule has 1 spiro atoms. The molecule has 0 fully saturated rings. The molecule has 0 saturated carbocycles. The summed E-state index contributed by atoms with van der Waals surface area (Å²) in [5.41, 5.74) is 4.35. The number of likely N-dealkylation sites (N-methyl/N-ethyl adjacent to an activating group) is 1. The molecule has 6 heteroatoms. The van der Waals surface area contributed by atoms with Crippen molar-refractivity contribution in [3.63, 3.8) is 0 Å². The lowest BCUT2D eigenvalue weighted by atomic mass is 9.73. The highest BCUT2D eigenvalue weighted by atomic mass is 16.5. The monoisotopic (exact) mass is 417 g/mol. The van der Waals surface area contributed by atoms with E-state index in [1.807, 2.05) is 55.6 Å². The molecule has 31 heavy (non-hydrogen) atoms. The minimum atomic E-state index is -1.00. The summed E-state index contributed by atoms with van der Waals surface area (Å²) in [5.74, 6) is 2.34. The third kappa shape index (κ3) is 2.24. The lowest BCUT2D eigenvalue weighted by Gasteiger charge is -2.27. The van der Waals surface area contributed by atoms with Gasteiger partial charge in [-0.1, -0.05) is 18.2 Å². The number of methoxy groups -OCH3 is 4. The van der Waals surface area contributed by atoms with Crippen LogP contribution >= 0.6 is 0 Å². The van der Waals surface area contributed by atoms with E-state index in [-0.39, 0.29) is 5.91 Å². The molecular formula is C25H23NO5. The zero-order valence-corrected chi connectivity index (χ0v) is 18.1. The van der Waals surface area contributed by atoms with Crippen molar-refractivity contribution in [2.45, 2.75) is 5.41 Å². The number of fused-ring (bicyclic) bond motifs is 7. The summed E-state index contributed by atoms with van der Waals surface area (Å²) in [7, 11) is 8.22. The topological polar surface area (TPSA) is 57.2 Å². The molecule has 3 aromatic rings. The van der Waals surface area contributed by atoms with Gasteiger partial charge >= 0.3 is 0 Å². The molecule has 0 aromatic heterocycles. The van der Waals surface area contributed by atoms with Crippen LogP contribution in [0, 0.1) is 0 Å². The van der Waals surface area contributed by atoms with Crippen molar-refractivity contribution in [3.8, 4) is 34.1 Å². The zero-order valence-electron chi connectivity index (χ0n) is 18.1. The molecule has 0 N–H and O–H groups in total. The number of benzene rings is 3. The molecule has 1 aliphatic carbocycles. The van der Waals surface area contributed by atoms with Crippen LogP contribution in [-0.4, -0.2) is 41.4 Å². The summed E-state index contributed by atoms with van der Waals surface area (Å²) in [6.45, 7) is 0. The number of hydrogen-bond acceptors (Lipinski definition) is 5. The quantitative estimate of drug-likeness (QED) is 0.642. The fourth-order valence-corrected chi connectivity index (χ4v) is 5.05. The van der Waals surface area contributed by atoms with E-state index in [4.69, 9.17) is 18.9 Å². The number of amides is 1. The van der Waals surface area contributed by atoms with Crippen LogP contribution in [0.5, 0.6) is 23.0 Å². The number of anilines is 1. The van der Waals surface area contributed by atoms with Gasteiger partial charge in [0.05, 0.1) is 28.4 Å². The summed E-state index contributed by atoms with van der Waals surface area (Å²) in [4.78, 5) is 15.7. The Kier molecular flexibility index (Phi) is 4.15. The first-order chi connectivity index (χ1) is 15.0. The third-order valence-corrected chi connectivity index (χ3v) is 6.44. The van der Waals surface area contributed by atoms with Crippen molar-refractivity contribution < 1.29 is 23.7 Å². The maximum atomic E-state index is 14.0. The maximum absolute atomic E-state index is 14.0. The zero-order chi connectivity index (χ0) is 21.9. The van der Waals surface area contributed by atoms with E-state index in [9.17, 15) is 4.79 Å². The van der Waals surface area contributed by atoms with Crippen molar-refractivity contribution in [1.29, 1.82) is 0 Å². The fraction of sp³-hybridized carbons (Fsp3) is 0.240. The van der Waals surface area contributed by atoms with Crippen LogP contribution in [0.2, 0.25) is 0 Å². The Morgan fingerprint density at radius 2 is 1.13 bits per heavy atom. The second-order valence-corrected chi connectivity index (χ2v) is 7.64. The summed E-state index contributed by atoms with van der Waals surface area (Å²) in [6, 6.07) is 15.6. The maximum Gasteiger partial charge on any atom is 0.246 e. The number of carbonyl (C=O) groups excluding carboxylic acids is 1. The van der Waals surface area contributed by atoms with E-state index in [0.29, 0.717) is 23.0 Å².